The number of pyridine rings is 1. The second kappa shape index (κ2) is 12.4. The number of hydrogen-bond donors (Lipinski definition) is 1. The molecule has 0 bridgehead atoms. The number of nitrogens with zero attached hydrogens (tertiary/aromatic N) is 4. The Morgan fingerprint density at radius 1 is 0.800 bits per heavy atom. The maximum absolute atomic E-state index is 12.5. The highest BCUT2D eigenvalue weighted by Crippen LogP contribution is 2.11. The number of carboxylic acids is 1. The monoisotopic (exact) mass is 492 g/mol. The van der Waals surface area contributed by atoms with Crippen LogP contribution in [0.25, 0.3) is 0 Å². The summed E-state index contributed by atoms with van der Waals surface area (Å²) in [6, 6.07) is 3.26. The van der Waals surface area contributed by atoms with Crippen molar-refractivity contribution in [2.45, 2.75) is 59.3 Å². The summed E-state index contributed by atoms with van der Waals surface area (Å²) in [5.74, 6) is -1.58. The fraction of sp³-hybridized carbons (Fsp3) is 0.680. The van der Waals surface area contributed by atoms with Gasteiger partial charge in [0.05, 0.1) is 24.3 Å². The molecule has 0 atom stereocenters. The molecule has 1 saturated heterocycles. The molecule has 1 aromatic heterocycles. The summed E-state index contributed by atoms with van der Waals surface area (Å²) in [6.07, 6.45) is 1.36. The lowest BCUT2D eigenvalue weighted by Crippen LogP contribution is -2.42. The van der Waals surface area contributed by atoms with E-state index >= 15 is 0 Å². The fourth-order valence-electron chi connectivity index (χ4n) is 3.64. The van der Waals surface area contributed by atoms with Gasteiger partial charge in [-0.15, -0.1) is 0 Å². The number of esters is 2. The third-order valence-electron chi connectivity index (χ3n) is 5.20. The van der Waals surface area contributed by atoms with Gasteiger partial charge in [0.15, 0.2) is 0 Å². The van der Waals surface area contributed by atoms with Gasteiger partial charge in [-0.1, -0.05) is 0 Å². The molecule has 1 aliphatic rings. The molecular formula is C25H40N4O6. The molecule has 0 saturated carbocycles. The number of carbonyl (C=O) groups excluding carboxylic acids is 2. The van der Waals surface area contributed by atoms with Crippen LogP contribution in [0.3, 0.4) is 0 Å². The van der Waals surface area contributed by atoms with Crippen molar-refractivity contribution in [3.63, 3.8) is 0 Å². The molecule has 0 aliphatic carbocycles. The summed E-state index contributed by atoms with van der Waals surface area (Å²) in [7, 11) is 0. The zero-order valence-electron chi connectivity index (χ0n) is 21.9. The second-order valence-electron chi connectivity index (χ2n) is 10.8. The Kier molecular flexibility index (Phi) is 10.2. The number of rotatable bonds is 7. The Hall–Kier alpha value is -2.56. The minimum Gasteiger partial charge on any atom is -0.478 e. The summed E-state index contributed by atoms with van der Waals surface area (Å²) in [5.41, 5.74) is -0.213. The van der Waals surface area contributed by atoms with Crippen molar-refractivity contribution >= 4 is 17.9 Å². The summed E-state index contributed by atoms with van der Waals surface area (Å²) >= 11 is 0. The largest absolute Gasteiger partial charge is 0.478 e. The first-order chi connectivity index (χ1) is 16.2. The van der Waals surface area contributed by atoms with Crippen molar-refractivity contribution < 1.29 is 29.0 Å². The molecular weight excluding hydrogens is 452 g/mol. The van der Waals surface area contributed by atoms with E-state index in [-0.39, 0.29) is 30.6 Å². The van der Waals surface area contributed by atoms with Crippen molar-refractivity contribution in [1.82, 2.24) is 19.7 Å². The van der Waals surface area contributed by atoms with Crippen molar-refractivity contribution in [1.29, 1.82) is 0 Å². The first kappa shape index (κ1) is 28.7. The number of aromatic carboxylic acids is 1. The van der Waals surface area contributed by atoms with Gasteiger partial charge in [0.25, 0.3) is 0 Å². The quantitative estimate of drug-likeness (QED) is 0.566. The molecule has 1 N–H and O–H groups in total. The predicted molar refractivity (Wildman–Crippen MR) is 131 cm³/mol. The van der Waals surface area contributed by atoms with E-state index in [1.54, 1.807) is 12.1 Å². The molecule has 0 amide bonds. The molecule has 0 aromatic carbocycles. The average molecular weight is 493 g/mol. The first-order valence-electron chi connectivity index (χ1n) is 12.0. The Balaban J connectivity index is 2.10. The average Bonchev–Trinajstić information content (AvgIpc) is 2.78. The van der Waals surface area contributed by atoms with Crippen molar-refractivity contribution in [2.75, 3.05) is 52.4 Å². The molecule has 196 valence electrons. The predicted octanol–water partition coefficient (Wildman–Crippen LogP) is 1.88. The lowest BCUT2D eigenvalue weighted by molar-refractivity contribution is -0.158. The molecule has 0 radical (unpaired) electrons. The highest BCUT2D eigenvalue weighted by atomic mass is 16.6. The van der Waals surface area contributed by atoms with Crippen molar-refractivity contribution in [2.24, 2.45) is 0 Å². The van der Waals surface area contributed by atoms with Gasteiger partial charge in [0, 0.05) is 52.0 Å². The van der Waals surface area contributed by atoms with Crippen LogP contribution in [0.4, 0.5) is 0 Å². The third-order valence-corrected chi connectivity index (χ3v) is 5.20. The van der Waals surface area contributed by atoms with E-state index < -0.39 is 17.2 Å². The smallest absolute Gasteiger partial charge is 0.337 e. The Labute approximate surface area is 208 Å². The minimum atomic E-state index is -1.01. The van der Waals surface area contributed by atoms with Crippen molar-refractivity contribution in [3.05, 3.63) is 29.6 Å². The van der Waals surface area contributed by atoms with Crippen molar-refractivity contribution in [3.8, 4) is 0 Å². The summed E-state index contributed by atoms with van der Waals surface area (Å²) in [6.45, 7) is 15.8. The lowest BCUT2D eigenvalue weighted by Gasteiger charge is -2.27. The number of carboxylic acid groups (broad SMARTS) is 1. The molecule has 0 unspecified atom stereocenters. The normalized spacial score (nSPS) is 17.2. The molecule has 2 rings (SSSR count). The molecule has 1 aliphatic heterocycles. The minimum absolute atomic E-state index is 0.144. The first-order valence-corrected chi connectivity index (χ1v) is 12.0. The Morgan fingerprint density at radius 3 is 1.57 bits per heavy atom. The third kappa shape index (κ3) is 11.6. The van der Waals surface area contributed by atoms with E-state index in [4.69, 9.17) is 14.6 Å². The maximum atomic E-state index is 12.5. The van der Waals surface area contributed by atoms with Crippen LogP contribution >= 0.6 is 0 Å². The molecule has 35 heavy (non-hydrogen) atoms. The topological polar surface area (TPSA) is 113 Å². The van der Waals surface area contributed by atoms with Gasteiger partial charge < -0.3 is 14.6 Å². The molecule has 0 spiro atoms. The van der Waals surface area contributed by atoms with Gasteiger partial charge >= 0.3 is 17.9 Å². The second-order valence-corrected chi connectivity index (χ2v) is 10.8. The fourth-order valence-corrected chi connectivity index (χ4v) is 3.64. The van der Waals surface area contributed by atoms with E-state index in [9.17, 15) is 14.4 Å². The Bertz CT molecular complexity index is 818. The zero-order valence-corrected chi connectivity index (χ0v) is 21.9. The van der Waals surface area contributed by atoms with Gasteiger partial charge in [-0.2, -0.15) is 0 Å². The van der Waals surface area contributed by atoms with Crippen LogP contribution in [0.15, 0.2) is 18.3 Å². The maximum Gasteiger partial charge on any atom is 0.337 e. The number of carbonyl (C=O) groups is 3. The van der Waals surface area contributed by atoms with Crippen LogP contribution in [0.1, 0.15) is 57.6 Å². The number of ether oxygens (including phenoxy) is 2. The van der Waals surface area contributed by atoms with Crippen LogP contribution in [0, 0.1) is 0 Å². The van der Waals surface area contributed by atoms with Crippen LogP contribution in [0.5, 0.6) is 0 Å². The van der Waals surface area contributed by atoms with E-state index in [1.807, 2.05) is 51.3 Å². The number of aromatic nitrogens is 1. The van der Waals surface area contributed by atoms with E-state index in [1.165, 1.54) is 6.20 Å². The number of hydrogen-bond acceptors (Lipinski definition) is 9. The molecule has 1 fully saturated rings. The van der Waals surface area contributed by atoms with Crippen LogP contribution in [-0.4, -0.2) is 106 Å². The molecule has 1 aromatic rings. The standard InChI is InChI=1S/C25H40N4O6/c1-24(2,3)34-21(30)17-28-11-9-27(16-20-8-7-19(15-26-20)23(32)33)10-12-29(14-13-28)18-22(31)35-25(4,5)6/h7-8,15H,9-14,16-18H2,1-6H3,(H,32,33). The summed E-state index contributed by atoms with van der Waals surface area (Å²) in [5, 5.41) is 9.10. The molecule has 2 heterocycles. The van der Waals surface area contributed by atoms with E-state index in [0.717, 1.165) is 5.69 Å². The van der Waals surface area contributed by atoms with Gasteiger partial charge in [0.1, 0.15) is 11.2 Å². The lowest BCUT2D eigenvalue weighted by atomic mass is 10.2. The van der Waals surface area contributed by atoms with E-state index in [2.05, 4.69) is 9.88 Å². The molecule has 10 nitrogen and oxygen atoms in total. The van der Waals surface area contributed by atoms with Crippen LogP contribution in [0.2, 0.25) is 0 Å². The highest BCUT2D eigenvalue weighted by Gasteiger charge is 2.24. The highest BCUT2D eigenvalue weighted by molar-refractivity contribution is 5.87. The van der Waals surface area contributed by atoms with Gasteiger partial charge in [-0.25, -0.2) is 4.79 Å². The summed E-state index contributed by atoms with van der Waals surface area (Å²) in [4.78, 5) is 46.6. The van der Waals surface area contributed by atoms with Crippen LogP contribution in [-0.2, 0) is 25.6 Å². The summed E-state index contributed by atoms with van der Waals surface area (Å²) < 4.78 is 11.0. The van der Waals surface area contributed by atoms with Gasteiger partial charge in [0.2, 0.25) is 0 Å². The SMILES string of the molecule is CC(C)(C)OC(=O)CN1CCN(CC(=O)OC(C)(C)C)CCN(Cc2ccc(C(=O)O)cn2)CC1. The van der Waals surface area contributed by atoms with Gasteiger partial charge in [-0.3, -0.25) is 29.3 Å². The van der Waals surface area contributed by atoms with E-state index in [0.29, 0.717) is 45.8 Å². The van der Waals surface area contributed by atoms with Crippen LogP contribution < -0.4 is 0 Å². The Morgan fingerprint density at radius 2 is 1.23 bits per heavy atom. The zero-order chi connectivity index (χ0) is 26.2. The van der Waals surface area contributed by atoms with Gasteiger partial charge in [-0.05, 0) is 53.7 Å². The molecule has 10 heteroatoms.